The quantitative estimate of drug-likeness (QED) is 0.146. The summed E-state index contributed by atoms with van der Waals surface area (Å²) < 4.78 is 193. The monoisotopic (exact) mass is 848 g/mol. The maximum Gasteiger partial charge on any atom is 0.457 e. The highest BCUT2D eigenvalue weighted by molar-refractivity contribution is 14.1. The van der Waals surface area contributed by atoms with Crippen LogP contribution in [0.4, 0.5) is 72.8 Å². The van der Waals surface area contributed by atoms with E-state index in [-0.39, 0.29) is 10.6 Å². The molecule has 1 aliphatic carbocycles. The highest BCUT2D eigenvalue weighted by atomic mass is 127. The molecule has 0 saturated heterocycles. The summed E-state index contributed by atoms with van der Waals surface area (Å²) in [6.07, 6.45) is -19.7. The second-order valence-corrected chi connectivity index (χ2v) is 11.7. The van der Waals surface area contributed by atoms with E-state index in [1.165, 1.54) is 5.32 Å². The molecule has 1 aliphatic rings. The summed E-state index contributed by atoms with van der Waals surface area (Å²) in [5.41, 5.74) is -16.4. The second-order valence-electron chi connectivity index (χ2n) is 10.5. The summed E-state index contributed by atoms with van der Waals surface area (Å²) >= 11 is 0.684. The summed E-state index contributed by atoms with van der Waals surface area (Å²) in [4.78, 5) is 43.7. The van der Waals surface area contributed by atoms with Gasteiger partial charge in [0, 0.05) is 14.7 Å². The Morgan fingerprint density at radius 3 is 1.88 bits per heavy atom. The SMILES string of the molecule is O=C(Nc1c(I)cc(C(F)(C(F)(F)F)C(F)(F)C(F)(F)F)cc1C(F)(F)F)c1cccc(N(OC(=O)C2CC2)C(=O)c2ccc(F)cc2)c1F. The molecule has 1 atom stereocenters. The lowest BCUT2D eigenvalue weighted by Gasteiger charge is -2.36. The molecular weight excluding hydrogens is 833 g/mol. The largest absolute Gasteiger partial charge is 0.457 e. The third-order valence-corrected chi connectivity index (χ3v) is 7.87. The number of carbonyl (C=O) groups excluding carboxylic acids is 3. The van der Waals surface area contributed by atoms with E-state index in [4.69, 9.17) is 4.84 Å². The molecule has 21 heteroatoms. The lowest BCUT2D eigenvalue weighted by atomic mass is 9.86. The van der Waals surface area contributed by atoms with E-state index in [0.717, 1.165) is 36.4 Å². The van der Waals surface area contributed by atoms with Gasteiger partial charge in [-0.1, -0.05) is 6.07 Å². The number of carbonyl (C=O) groups is 3. The smallest absolute Gasteiger partial charge is 0.332 e. The number of nitrogens with zero attached hydrogens (tertiary/aromatic N) is 1. The molecule has 0 radical (unpaired) electrons. The van der Waals surface area contributed by atoms with E-state index in [1.54, 1.807) is 0 Å². The van der Waals surface area contributed by atoms with Crippen LogP contribution in [0.1, 0.15) is 44.7 Å². The molecule has 3 aromatic carbocycles. The Morgan fingerprint density at radius 1 is 0.800 bits per heavy atom. The predicted molar refractivity (Wildman–Crippen MR) is 150 cm³/mol. The minimum Gasteiger partial charge on any atom is -0.332 e. The van der Waals surface area contributed by atoms with Gasteiger partial charge in [-0.05, 0) is 84.0 Å². The first-order chi connectivity index (χ1) is 22.8. The molecule has 1 fully saturated rings. The molecule has 6 nitrogen and oxygen atoms in total. The number of alkyl halides is 12. The first kappa shape index (κ1) is 38.6. The van der Waals surface area contributed by atoms with Crippen molar-refractivity contribution in [2.45, 2.75) is 43.0 Å². The Hall–Kier alpha value is -4.18. The minimum atomic E-state index is -7.32. The van der Waals surface area contributed by atoms with Gasteiger partial charge in [-0.15, -0.1) is 5.06 Å². The molecule has 0 bridgehead atoms. The summed E-state index contributed by atoms with van der Waals surface area (Å²) in [5, 5.41) is 1.53. The van der Waals surface area contributed by atoms with Gasteiger partial charge in [0.1, 0.15) is 11.5 Å². The molecule has 4 rings (SSSR count). The van der Waals surface area contributed by atoms with Gasteiger partial charge in [-0.25, -0.2) is 18.0 Å². The van der Waals surface area contributed by atoms with E-state index >= 15 is 8.78 Å². The van der Waals surface area contributed by atoms with Crippen LogP contribution >= 0.6 is 22.6 Å². The Kier molecular flexibility index (Phi) is 10.2. The fourth-order valence-electron chi connectivity index (χ4n) is 4.30. The number of hydrogen-bond acceptors (Lipinski definition) is 4. The Morgan fingerprint density at radius 2 is 1.38 bits per heavy atom. The number of rotatable bonds is 7. The average Bonchev–Trinajstić information content (AvgIpc) is 3.85. The Balaban J connectivity index is 1.81. The molecule has 0 heterocycles. The van der Waals surface area contributed by atoms with Crippen molar-refractivity contribution in [2.24, 2.45) is 5.92 Å². The zero-order chi connectivity index (χ0) is 37.8. The first-order valence-corrected chi connectivity index (χ1v) is 14.4. The molecule has 0 spiro atoms. The zero-order valence-corrected chi connectivity index (χ0v) is 26.1. The van der Waals surface area contributed by atoms with Crippen molar-refractivity contribution in [3.8, 4) is 0 Å². The maximum atomic E-state index is 15.8. The average molecular weight is 848 g/mol. The lowest BCUT2D eigenvalue weighted by Crippen LogP contribution is -2.59. The van der Waals surface area contributed by atoms with Crippen molar-refractivity contribution in [3.05, 3.63) is 92.1 Å². The normalized spacial score (nSPS) is 15.3. The van der Waals surface area contributed by atoms with Crippen LogP contribution in [0.15, 0.2) is 54.6 Å². The van der Waals surface area contributed by atoms with E-state index in [0.29, 0.717) is 41.5 Å². The van der Waals surface area contributed by atoms with Crippen LogP contribution < -0.4 is 10.4 Å². The fourth-order valence-corrected chi connectivity index (χ4v) is 5.06. The van der Waals surface area contributed by atoms with Crippen molar-refractivity contribution in [1.29, 1.82) is 0 Å². The molecule has 270 valence electrons. The molecule has 1 unspecified atom stereocenters. The zero-order valence-electron chi connectivity index (χ0n) is 23.9. The highest BCUT2D eigenvalue weighted by Crippen LogP contribution is 2.59. The number of anilines is 2. The third kappa shape index (κ3) is 7.18. The van der Waals surface area contributed by atoms with Crippen molar-refractivity contribution in [1.82, 2.24) is 0 Å². The lowest BCUT2D eigenvalue weighted by molar-refractivity contribution is -0.389. The van der Waals surface area contributed by atoms with Crippen LogP contribution in [0.5, 0.6) is 0 Å². The van der Waals surface area contributed by atoms with Crippen LogP contribution in [0.25, 0.3) is 0 Å². The standard InChI is InChI=1S/C29H15F14IN2O4/c30-15-8-6-12(7-9-15)23(48)46(50-24(49)13-4-5-13)19-3-1-2-16(20(19)31)22(47)45-21-17(26(33,34)35)10-14(11-18(21)44)25(32,28(38,39)40)27(36,37)29(41,42)43/h1-3,6-11,13H,4-5H2,(H,45,47). The maximum absolute atomic E-state index is 15.8. The topological polar surface area (TPSA) is 75.7 Å². The number of amides is 2. The predicted octanol–water partition coefficient (Wildman–Crippen LogP) is 9.28. The first-order valence-electron chi connectivity index (χ1n) is 13.4. The van der Waals surface area contributed by atoms with Crippen molar-refractivity contribution < 1.29 is 80.7 Å². The van der Waals surface area contributed by atoms with Crippen LogP contribution in [-0.4, -0.2) is 36.1 Å². The summed E-state index contributed by atoms with van der Waals surface area (Å²) in [6.45, 7) is 0. The molecule has 3 aromatic rings. The van der Waals surface area contributed by atoms with Crippen LogP contribution in [0.2, 0.25) is 0 Å². The number of hydrogen-bond donors (Lipinski definition) is 1. The summed E-state index contributed by atoms with van der Waals surface area (Å²) in [5.74, 6) is -14.8. The number of nitrogens with one attached hydrogen (secondary N) is 1. The van der Waals surface area contributed by atoms with Gasteiger partial charge in [-0.2, -0.15) is 48.3 Å². The Labute approximate surface area is 283 Å². The molecule has 1 N–H and O–H groups in total. The van der Waals surface area contributed by atoms with Crippen molar-refractivity contribution >= 4 is 51.7 Å². The van der Waals surface area contributed by atoms with Gasteiger partial charge in [0.2, 0.25) is 0 Å². The van der Waals surface area contributed by atoms with Crippen molar-refractivity contribution in [2.75, 3.05) is 10.4 Å². The van der Waals surface area contributed by atoms with Gasteiger partial charge in [0.05, 0.1) is 22.7 Å². The van der Waals surface area contributed by atoms with E-state index in [2.05, 4.69) is 0 Å². The van der Waals surface area contributed by atoms with Crippen molar-refractivity contribution in [3.63, 3.8) is 0 Å². The van der Waals surface area contributed by atoms with Gasteiger partial charge in [0.15, 0.2) is 5.82 Å². The summed E-state index contributed by atoms with van der Waals surface area (Å²) in [6, 6.07) is 4.18. The molecule has 0 aromatic heterocycles. The van der Waals surface area contributed by atoms with E-state index in [1.807, 2.05) is 0 Å². The second kappa shape index (κ2) is 13.2. The van der Waals surface area contributed by atoms with Crippen LogP contribution in [0, 0.1) is 21.1 Å². The highest BCUT2D eigenvalue weighted by Gasteiger charge is 2.82. The molecule has 1 saturated carbocycles. The Bertz CT molecular complexity index is 1820. The number of hydroxylamine groups is 1. The molecule has 0 aliphatic heterocycles. The van der Waals surface area contributed by atoms with Gasteiger partial charge in [0.25, 0.3) is 11.8 Å². The molecular formula is C29H15F14IN2O4. The van der Waals surface area contributed by atoms with E-state index in [9.17, 15) is 67.1 Å². The number of halogens is 15. The van der Waals surface area contributed by atoms with Gasteiger partial charge < -0.3 is 10.2 Å². The fraction of sp³-hybridized carbons (Fsp3) is 0.276. The van der Waals surface area contributed by atoms with Gasteiger partial charge >= 0.3 is 36.1 Å². The summed E-state index contributed by atoms with van der Waals surface area (Å²) in [7, 11) is 0. The van der Waals surface area contributed by atoms with E-state index < -0.39 is 109 Å². The van der Waals surface area contributed by atoms with Crippen LogP contribution in [-0.2, 0) is 21.5 Å². The number of benzene rings is 3. The van der Waals surface area contributed by atoms with Gasteiger partial charge in [-0.3, -0.25) is 9.59 Å². The molecule has 2 amide bonds. The third-order valence-electron chi connectivity index (χ3n) is 7.02. The molecule has 50 heavy (non-hydrogen) atoms. The van der Waals surface area contributed by atoms with Crippen LogP contribution in [0.3, 0.4) is 0 Å². The minimum absolute atomic E-state index is 0.0680.